The van der Waals surface area contributed by atoms with Gasteiger partial charge in [0.2, 0.25) is 0 Å². The largest absolute Gasteiger partial charge is 0.383 e. The third kappa shape index (κ3) is 4.00. The van der Waals surface area contributed by atoms with E-state index in [1.54, 1.807) is 6.20 Å². The summed E-state index contributed by atoms with van der Waals surface area (Å²) in [7, 11) is 0. The van der Waals surface area contributed by atoms with Crippen LogP contribution in [0.5, 0.6) is 0 Å². The van der Waals surface area contributed by atoms with Crippen molar-refractivity contribution in [1.82, 2.24) is 10.3 Å². The predicted molar refractivity (Wildman–Crippen MR) is 74.2 cm³/mol. The summed E-state index contributed by atoms with van der Waals surface area (Å²) in [6.45, 7) is 9.83. The maximum atomic E-state index is 5.97. The predicted octanol–water partition coefficient (Wildman–Crippen LogP) is 2.85. The number of aryl methyl sites for hydroxylation is 1. The van der Waals surface area contributed by atoms with E-state index in [9.17, 15) is 0 Å². The molecule has 96 valence electrons. The van der Waals surface area contributed by atoms with Gasteiger partial charge < -0.3 is 11.1 Å². The normalized spacial score (nSPS) is 14.6. The summed E-state index contributed by atoms with van der Waals surface area (Å²) in [4.78, 5) is 4.19. The first kappa shape index (κ1) is 14.0. The number of pyridine rings is 1. The van der Waals surface area contributed by atoms with E-state index in [-0.39, 0.29) is 0 Å². The van der Waals surface area contributed by atoms with Crippen molar-refractivity contribution >= 4 is 5.82 Å². The molecule has 0 amide bonds. The molecule has 3 heteroatoms. The zero-order valence-corrected chi connectivity index (χ0v) is 11.5. The average Bonchev–Trinajstić information content (AvgIpc) is 2.26. The third-order valence-electron chi connectivity index (χ3n) is 3.18. The maximum Gasteiger partial charge on any atom is 0.127 e. The van der Waals surface area contributed by atoms with E-state index in [0.717, 1.165) is 13.0 Å². The monoisotopic (exact) mass is 235 g/mol. The average molecular weight is 235 g/mol. The van der Waals surface area contributed by atoms with Crippen molar-refractivity contribution in [3.05, 3.63) is 23.4 Å². The molecule has 1 aromatic rings. The third-order valence-corrected chi connectivity index (χ3v) is 3.18. The molecule has 0 aliphatic rings. The van der Waals surface area contributed by atoms with Gasteiger partial charge in [0.15, 0.2) is 0 Å². The molecule has 0 aromatic carbocycles. The summed E-state index contributed by atoms with van der Waals surface area (Å²) in [5.41, 5.74) is 8.42. The van der Waals surface area contributed by atoms with E-state index in [4.69, 9.17) is 5.73 Å². The van der Waals surface area contributed by atoms with Gasteiger partial charge in [-0.1, -0.05) is 13.8 Å². The summed E-state index contributed by atoms with van der Waals surface area (Å²) in [5.74, 6) is 1.13. The van der Waals surface area contributed by atoms with Crippen molar-refractivity contribution in [2.24, 2.45) is 0 Å². The highest BCUT2D eigenvalue weighted by Gasteiger charge is 2.15. The zero-order valence-electron chi connectivity index (χ0n) is 11.5. The number of nitrogens with two attached hydrogens (primary N) is 1. The molecule has 1 heterocycles. The quantitative estimate of drug-likeness (QED) is 0.797. The Bertz CT molecular complexity index is 329. The topological polar surface area (TPSA) is 50.9 Å². The van der Waals surface area contributed by atoms with Crippen LogP contribution >= 0.6 is 0 Å². The highest BCUT2D eigenvalue weighted by molar-refractivity contribution is 5.46. The molecule has 0 spiro atoms. The molecular formula is C14H25N3. The fraction of sp³-hybridized carbons (Fsp3) is 0.643. The molecule has 2 atom stereocenters. The Hall–Kier alpha value is -1.09. The number of nitrogens with zero attached hydrogens (tertiary/aromatic N) is 1. The van der Waals surface area contributed by atoms with E-state index in [1.165, 1.54) is 17.5 Å². The Balaban J connectivity index is 2.66. The molecule has 3 N–H and O–H groups in total. The van der Waals surface area contributed by atoms with Crippen LogP contribution < -0.4 is 11.1 Å². The van der Waals surface area contributed by atoms with Crippen molar-refractivity contribution in [3.63, 3.8) is 0 Å². The van der Waals surface area contributed by atoms with Gasteiger partial charge in [0, 0.05) is 17.8 Å². The van der Waals surface area contributed by atoms with Crippen LogP contribution in [0.4, 0.5) is 5.82 Å². The lowest BCUT2D eigenvalue weighted by molar-refractivity contribution is 0.478. The molecule has 3 nitrogen and oxygen atoms in total. The van der Waals surface area contributed by atoms with Crippen LogP contribution in [0.1, 0.15) is 50.7 Å². The van der Waals surface area contributed by atoms with Crippen LogP contribution in [-0.2, 0) is 0 Å². The van der Waals surface area contributed by atoms with Gasteiger partial charge >= 0.3 is 0 Å². The van der Waals surface area contributed by atoms with Gasteiger partial charge in [-0.05, 0) is 50.8 Å². The van der Waals surface area contributed by atoms with Gasteiger partial charge in [-0.3, -0.25) is 0 Å². The van der Waals surface area contributed by atoms with Crippen LogP contribution in [0.2, 0.25) is 0 Å². The van der Waals surface area contributed by atoms with Crippen LogP contribution in [0.25, 0.3) is 0 Å². The van der Waals surface area contributed by atoms with E-state index < -0.39 is 0 Å². The van der Waals surface area contributed by atoms with Crippen LogP contribution in [0, 0.1) is 6.92 Å². The number of nitrogen functional groups attached to an aromatic ring is 1. The van der Waals surface area contributed by atoms with Gasteiger partial charge in [-0.25, -0.2) is 4.98 Å². The van der Waals surface area contributed by atoms with E-state index >= 15 is 0 Å². The lowest BCUT2D eigenvalue weighted by Crippen LogP contribution is -2.28. The molecule has 1 aromatic heterocycles. The molecule has 0 aliphatic carbocycles. The van der Waals surface area contributed by atoms with Crippen molar-refractivity contribution < 1.29 is 0 Å². The molecule has 0 aliphatic heterocycles. The maximum absolute atomic E-state index is 5.97. The number of aromatic nitrogens is 1. The fourth-order valence-corrected chi connectivity index (χ4v) is 2.35. The Morgan fingerprint density at radius 1 is 1.41 bits per heavy atom. The first-order valence-electron chi connectivity index (χ1n) is 6.50. The lowest BCUT2D eigenvalue weighted by Gasteiger charge is -2.21. The summed E-state index contributed by atoms with van der Waals surface area (Å²) < 4.78 is 0. The molecule has 0 saturated heterocycles. The van der Waals surface area contributed by atoms with Crippen LogP contribution in [0.15, 0.2) is 12.3 Å². The Morgan fingerprint density at radius 2 is 2.12 bits per heavy atom. The number of nitrogens with one attached hydrogen (secondary N) is 1. The fourth-order valence-electron chi connectivity index (χ4n) is 2.35. The number of anilines is 1. The SMILES string of the molecule is CCCNC(C)CC(C)c1c(C)ccnc1N. The lowest BCUT2D eigenvalue weighted by atomic mass is 9.91. The minimum Gasteiger partial charge on any atom is -0.383 e. The van der Waals surface area contributed by atoms with Gasteiger partial charge in [-0.15, -0.1) is 0 Å². The summed E-state index contributed by atoms with van der Waals surface area (Å²) in [6, 6.07) is 2.55. The highest BCUT2D eigenvalue weighted by Crippen LogP contribution is 2.27. The first-order chi connectivity index (χ1) is 8.06. The summed E-state index contributed by atoms with van der Waals surface area (Å²) in [6.07, 6.45) is 4.04. The minimum atomic E-state index is 0.447. The first-order valence-corrected chi connectivity index (χ1v) is 6.50. The van der Waals surface area contributed by atoms with Crippen molar-refractivity contribution in [1.29, 1.82) is 0 Å². The van der Waals surface area contributed by atoms with E-state index in [2.05, 4.69) is 38.0 Å². The second kappa shape index (κ2) is 6.60. The summed E-state index contributed by atoms with van der Waals surface area (Å²) in [5, 5.41) is 3.51. The molecule has 0 radical (unpaired) electrons. The van der Waals surface area contributed by atoms with Gasteiger partial charge in [0.25, 0.3) is 0 Å². The zero-order chi connectivity index (χ0) is 12.8. The van der Waals surface area contributed by atoms with Crippen molar-refractivity contribution in [3.8, 4) is 0 Å². The van der Waals surface area contributed by atoms with Gasteiger partial charge in [0.1, 0.15) is 5.82 Å². The highest BCUT2D eigenvalue weighted by atomic mass is 14.9. The van der Waals surface area contributed by atoms with Crippen LogP contribution in [-0.4, -0.2) is 17.6 Å². The second-order valence-corrected chi connectivity index (χ2v) is 4.92. The molecule has 17 heavy (non-hydrogen) atoms. The van der Waals surface area contributed by atoms with Crippen LogP contribution in [0.3, 0.4) is 0 Å². The molecule has 0 saturated carbocycles. The molecule has 1 rings (SSSR count). The van der Waals surface area contributed by atoms with E-state index in [1.807, 2.05) is 6.07 Å². The van der Waals surface area contributed by atoms with Crippen molar-refractivity contribution in [2.75, 3.05) is 12.3 Å². The summed E-state index contributed by atoms with van der Waals surface area (Å²) >= 11 is 0. The molecule has 0 bridgehead atoms. The number of hydrogen-bond donors (Lipinski definition) is 2. The van der Waals surface area contributed by atoms with Gasteiger partial charge in [-0.2, -0.15) is 0 Å². The number of hydrogen-bond acceptors (Lipinski definition) is 3. The minimum absolute atomic E-state index is 0.447. The molecule has 2 unspecified atom stereocenters. The van der Waals surface area contributed by atoms with Crippen molar-refractivity contribution in [2.45, 2.75) is 52.5 Å². The van der Waals surface area contributed by atoms with E-state index in [0.29, 0.717) is 17.8 Å². The molecular weight excluding hydrogens is 210 g/mol. The van der Waals surface area contributed by atoms with Gasteiger partial charge in [0.05, 0.1) is 0 Å². The second-order valence-electron chi connectivity index (χ2n) is 4.92. The Morgan fingerprint density at radius 3 is 2.71 bits per heavy atom. The smallest absolute Gasteiger partial charge is 0.127 e. The Kier molecular flexibility index (Phi) is 5.42. The Labute approximate surface area is 105 Å². The number of rotatable bonds is 6. The molecule has 0 fully saturated rings. The standard InChI is InChI=1S/C14H25N3/c1-5-7-16-12(4)9-11(3)13-10(2)6-8-17-14(13)15/h6,8,11-12,16H,5,7,9H2,1-4H3,(H2,15,17).